The van der Waals surface area contributed by atoms with Crippen molar-refractivity contribution >= 4 is 33.3 Å². The molecule has 0 saturated carbocycles. The highest BCUT2D eigenvalue weighted by Gasteiger charge is 2.15. The second-order valence-corrected chi connectivity index (χ2v) is 4.20. The maximum atomic E-state index is 12.1. The quantitative estimate of drug-likeness (QED) is 0.800. The third-order valence-electron chi connectivity index (χ3n) is 2.04. The maximum absolute atomic E-state index is 12.1. The molecule has 2 rings (SSSR count). The Morgan fingerprint density at radius 1 is 1.19 bits per heavy atom. The number of carbonyl (C=O) groups excluding carboxylic acids is 1. The summed E-state index contributed by atoms with van der Waals surface area (Å²) in [7, 11) is 0. The summed E-state index contributed by atoms with van der Waals surface area (Å²) in [4.78, 5) is 12.1. The number of halogens is 2. The van der Waals surface area contributed by atoms with Gasteiger partial charge >= 0.3 is 0 Å². The summed E-state index contributed by atoms with van der Waals surface area (Å²) in [5, 5.41) is 7.85. The van der Waals surface area contributed by atoms with Gasteiger partial charge in [-0.25, -0.2) is 0 Å². The predicted molar refractivity (Wildman–Crippen MR) is 64.6 cm³/mol. The van der Waals surface area contributed by atoms with Crippen LogP contribution < -0.4 is 0 Å². The number of ketones is 1. The Hall–Kier alpha value is -1.26. The fraction of sp³-hybridized carbons (Fsp3) is 0. The molecular weight excluding hydrogens is 291 g/mol. The zero-order valence-corrected chi connectivity index (χ0v) is 10.4. The average Bonchev–Trinajstić information content (AvgIpc) is 2.29. The molecule has 1 aromatic heterocycles. The third kappa shape index (κ3) is 2.13. The number of aromatic nitrogens is 2. The number of nitrogens with zero attached hydrogens (tertiary/aromatic N) is 2. The summed E-state index contributed by atoms with van der Waals surface area (Å²) < 4.78 is 0.417. The van der Waals surface area contributed by atoms with Gasteiger partial charge in [0.05, 0.1) is 16.8 Å². The van der Waals surface area contributed by atoms with Gasteiger partial charge in [-0.2, -0.15) is 5.10 Å². The van der Waals surface area contributed by atoms with Crippen molar-refractivity contribution in [1.82, 2.24) is 10.2 Å². The molecule has 0 N–H and O–H groups in total. The van der Waals surface area contributed by atoms with Gasteiger partial charge in [0, 0.05) is 5.56 Å². The standard InChI is InChI=1S/C11H6BrClN2O/c12-11-8(5-6-14-15-11)10(16)7-3-1-2-4-9(7)13/h1-6H. The van der Waals surface area contributed by atoms with E-state index in [2.05, 4.69) is 26.1 Å². The Morgan fingerprint density at radius 3 is 2.62 bits per heavy atom. The SMILES string of the molecule is O=C(c1ccccc1Cl)c1ccnnc1Br. The van der Waals surface area contributed by atoms with Gasteiger partial charge < -0.3 is 0 Å². The second-order valence-electron chi connectivity index (χ2n) is 3.04. The first kappa shape index (κ1) is 11.2. The van der Waals surface area contributed by atoms with E-state index in [-0.39, 0.29) is 5.78 Å². The van der Waals surface area contributed by atoms with E-state index >= 15 is 0 Å². The topological polar surface area (TPSA) is 42.9 Å². The Bertz CT molecular complexity index is 498. The fourth-order valence-electron chi connectivity index (χ4n) is 1.27. The molecule has 5 heteroatoms. The van der Waals surface area contributed by atoms with Gasteiger partial charge in [0.2, 0.25) is 0 Å². The highest BCUT2D eigenvalue weighted by molar-refractivity contribution is 9.10. The summed E-state index contributed by atoms with van der Waals surface area (Å²) >= 11 is 9.13. The number of carbonyl (C=O) groups is 1. The normalized spacial score (nSPS) is 10.1. The molecular formula is C11H6BrClN2O. The van der Waals surface area contributed by atoms with Gasteiger partial charge in [-0.15, -0.1) is 5.10 Å². The predicted octanol–water partition coefficient (Wildman–Crippen LogP) is 3.12. The van der Waals surface area contributed by atoms with E-state index in [1.54, 1.807) is 30.3 Å². The molecule has 0 unspecified atom stereocenters. The van der Waals surface area contributed by atoms with Crippen LogP contribution in [0.1, 0.15) is 15.9 Å². The van der Waals surface area contributed by atoms with Crippen LogP contribution in [0.4, 0.5) is 0 Å². The van der Waals surface area contributed by atoms with E-state index in [1.807, 2.05) is 0 Å². The molecule has 80 valence electrons. The highest BCUT2D eigenvalue weighted by atomic mass is 79.9. The molecule has 3 nitrogen and oxygen atoms in total. The summed E-state index contributed by atoms with van der Waals surface area (Å²) in [6.07, 6.45) is 1.47. The van der Waals surface area contributed by atoms with Crippen LogP contribution in [0.2, 0.25) is 5.02 Å². The second kappa shape index (κ2) is 4.72. The van der Waals surface area contributed by atoms with Crippen molar-refractivity contribution in [3.05, 3.63) is 57.3 Å². The van der Waals surface area contributed by atoms with E-state index < -0.39 is 0 Å². The molecule has 0 aliphatic heterocycles. The third-order valence-corrected chi connectivity index (χ3v) is 2.95. The van der Waals surface area contributed by atoms with Crippen molar-refractivity contribution < 1.29 is 4.79 Å². The van der Waals surface area contributed by atoms with Crippen molar-refractivity contribution in [1.29, 1.82) is 0 Å². The molecule has 0 amide bonds. The molecule has 0 aliphatic carbocycles. The molecule has 1 heterocycles. The zero-order valence-electron chi connectivity index (χ0n) is 8.02. The summed E-state index contributed by atoms with van der Waals surface area (Å²) in [6, 6.07) is 8.50. The van der Waals surface area contributed by atoms with Crippen LogP contribution in [-0.2, 0) is 0 Å². The lowest BCUT2D eigenvalue weighted by Gasteiger charge is -2.03. The van der Waals surface area contributed by atoms with Crippen LogP contribution >= 0.6 is 27.5 Å². The van der Waals surface area contributed by atoms with Gasteiger partial charge in [0.1, 0.15) is 4.60 Å². The Balaban J connectivity index is 2.48. The zero-order chi connectivity index (χ0) is 11.5. The minimum absolute atomic E-state index is 0.174. The number of hydrogen-bond donors (Lipinski definition) is 0. The molecule has 0 saturated heterocycles. The molecule has 0 fully saturated rings. The number of hydrogen-bond acceptors (Lipinski definition) is 3. The number of benzene rings is 1. The summed E-state index contributed by atoms with van der Waals surface area (Å²) in [6.45, 7) is 0. The molecule has 0 atom stereocenters. The smallest absolute Gasteiger partial charge is 0.197 e. The van der Waals surface area contributed by atoms with Gasteiger partial charge in [-0.3, -0.25) is 4.79 Å². The first-order valence-electron chi connectivity index (χ1n) is 4.46. The number of rotatable bonds is 2. The molecule has 2 aromatic rings. The Kier molecular flexibility index (Phi) is 3.31. The van der Waals surface area contributed by atoms with Gasteiger partial charge in [0.15, 0.2) is 5.78 Å². The average molecular weight is 298 g/mol. The van der Waals surface area contributed by atoms with Crippen molar-refractivity contribution in [3.8, 4) is 0 Å². The largest absolute Gasteiger partial charge is 0.288 e. The van der Waals surface area contributed by atoms with Crippen LogP contribution in [0.5, 0.6) is 0 Å². The Labute approximate surface area is 106 Å². The monoisotopic (exact) mass is 296 g/mol. The molecule has 16 heavy (non-hydrogen) atoms. The first-order chi connectivity index (χ1) is 7.70. The van der Waals surface area contributed by atoms with Crippen LogP contribution in [-0.4, -0.2) is 16.0 Å². The van der Waals surface area contributed by atoms with E-state index in [0.717, 1.165) is 0 Å². The lowest BCUT2D eigenvalue weighted by atomic mass is 10.1. The minimum Gasteiger partial charge on any atom is -0.288 e. The van der Waals surface area contributed by atoms with Crippen LogP contribution in [0, 0.1) is 0 Å². The molecule has 0 spiro atoms. The van der Waals surface area contributed by atoms with E-state index in [4.69, 9.17) is 11.6 Å². The van der Waals surface area contributed by atoms with Gasteiger partial charge in [0.25, 0.3) is 0 Å². The fourth-order valence-corrected chi connectivity index (χ4v) is 1.90. The molecule has 0 radical (unpaired) electrons. The summed E-state index contributed by atoms with van der Waals surface area (Å²) in [5.74, 6) is -0.174. The lowest BCUT2D eigenvalue weighted by molar-refractivity contribution is 0.103. The molecule has 1 aromatic carbocycles. The van der Waals surface area contributed by atoms with E-state index in [0.29, 0.717) is 20.8 Å². The highest BCUT2D eigenvalue weighted by Crippen LogP contribution is 2.21. The van der Waals surface area contributed by atoms with E-state index in [9.17, 15) is 4.79 Å². The lowest BCUT2D eigenvalue weighted by Crippen LogP contribution is -2.04. The van der Waals surface area contributed by atoms with Crippen molar-refractivity contribution in [3.63, 3.8) is 0 Å². The van der Waals surface area contributed by atoms with E-state index in [1.165, 1.54) is 6.20 Å². The van der Waals surface area contributed by atoms with Crippen molar-refractivity contribution in [2.45, 2.75) is 0 Å². The van der Waals surface area contributed by atoms with Crippen LogP contribution in [0.3, 0.4) is 0 Å². The summed E-state index contributed by atoms with van der Waals surface area (Å²) in [5.41, 5.74) is 0.904. The van der Waals surface area contributed by atoms with Crippen LogP contribution in [0.15, 0.2) is 41.1 Å². The van der Waals surface area contributed by atoms with Gasteiger partial charge in [-0.1, -0.05) is 23.7 Å². The van der Waals surface area contributed by atoms with Crippen LogP contribution in [0.25, 0.3) is 0 Å². The van der Waals surface area contributed by atoms with Gasteiger partial charge in [-0.05, 0) is 34.1 Å². The molecule has 0 bridgehead atoms. The van der Waals surface area contributed by atoms with Crippen molar-refractivity contribution in [2.24, 2.45) is 0 Å². The van der Waals surface area contributed by atoms with Crippen molar-refractivity contribution in [2.75, 3.05) is 0 Å². The minimum atomic E-state index is -0.174. The molecule has 0 aliphatic rings. The maximum Gasteiger partial charge on any atom is 0.197 e. The Morgan fingerprint density at radius 2 is 1.94 bits per heavy atom. The first-order valence-corrected chi connectivity index (χ1v) is 5.63.